The zero-order chi connectivity index (χ0) is 21.1. The summed E-state index contributed by atoms with van der Waals surface area (Å²) in [5, 5.41) is 3.89. The second kappa shape index (κ2) is 8.67. The summed E-state index contributed by atoms with van der Waals surface area (Å²) in [5.74, 6) is 0.508. The van der Waals surface area contributed by atoms with Crippen molar-refractivity contribution in [2.75, 3.05) is 5.32 Å². The molecule has 3 aromatic carbocycles. The molecule has 0 radical (unpaired) electrons. The van der Waals surface area contributed by atoms with Gasteiger partial charge in [0.2, 0.25) is 0 Å². The Labute approximate surface area is 180 Å². The molecule has 30 heavy (non-hydrogen) atoms. The van der Waals surface area contributed by atoms with Crippen LogP contribution in [0.15, 0.2) is 66.7 Å². The molecule has 152 valence electrons. The Bertz CT molecular complexity index is 1160. The van der Waals surface area contributed by atoms with Crippen LogP contribution in [-0.2, 0) is 11.2 Å². The zero-order valence-corrected chi connectivity index (χ0v) is 18.1. The van der Waals surface area contributed by atoms with Gasteiger partial charge in [-0.05, 0) is 79.9 Å². The van der Waals surface area contributed by atoms with Gasteiger partial charge in [-0.15, -0.1) is 11.3 Å². The number of carbonyl (C=O) groups is 1. The van der Waals surface area contributed by atoms with Crippen molar-refractivity contribution in [2.45, 2.75) is 33.3 Å². The van der Waals surface area contributed by atoms with Crippen LogP contribution in [0.4, 0.5) is 5.69 Å². The Balaban J connectivity index is 1.41. The predicted octanol–water partition coefficient (Wildman–Crippen LogP) is 6.24. The fraction of sp³-hybridized carbons (Fsp3) is 0.200. The first-order valence-electron chi connectivity index (χ1n) is 10.1. The van der Waals surface area contributed by atoms with Crippen molar-refractivity contribution in [3.63, 3.8) is 0 Å². The molecule has 0 aliphatic carbocycles. The van der Waals surface area contributed by atoms with E-state index in [4.69, 9.17) is 9.72 Å². The lowest BCUT2D eigenvalue weighted by Gasteiger charge is -2.15. The number of hydrogen-bond donors (Lipinski definition) is 1. The van der Waals surface area contributed by atoms with Gasteiger partial charge in [0.05, 0.1) is 10.2 Å². The Morgan fingerprint density at radius 3 is 2.50 bits per heavy atom. The normalized spacial score (nSPS) is 12.0. The highest BCUT2D eigenvalue weighted by molar-refractivity contribution is 7.21. The van der Waals surface area contributed by atoms with Crippen LogP contribution in [0.2, 0.25) is 0 Å². The number of benzene rings is 3. The smallest absolute Gasteiger partial charge is 0.265 e. The number of anilines is 1. The van der Waals surface area contributed by atoms with Gasteiger partial charge in [0.25, 0.3) is 5.91 Å². The summed E-state index contributed by atoms with van der Waals surface area (Å²) >= 11 is 1.67. The van der Waals surface area contributed by atoms with Crippen LogP contribution in [0.25, 0.3) is 20.8 Å². The zero-order valence-electron chi connectivity index (χ0n) is 17.3. The molecule has 0 aliphatic rings. The number of thiazole rings is 1. The third kappa shape index (κ3) is 4.52. The van der Waals surface area contributed by atoms with Gasteiger partial charge in [-0.2, -0.15) is 0 Å². The van der Waals surface area contributed by atoms with Gasteiger partial charge < -0.3 is 10.1 Å². The van der Waals surface area contributed by atoms with Crippen LogP contribution in [0.1, 0.15) is 25.0 Å². The first kappa shape index (κ1) is 20.1. The molecule has 4 aromatic rings. The Hall–Kier alpha value is -3.18. The van der Waals surface area contributed by atoms with Gasteiger partial charge in [0, 0.05) is 11.3 Å². The van der Waals surface area contributed by atoms with Crippen LogP contribution in [0, 0.1) is 6.92 Å². The highest BCUT2D eigenvalue weighted by Crippen LogP contribution is 2.31. The quantitative estimate of drug-likeness (QED) is 0.405. The van der Waals surface area contributed by atoms with Gasteiger partial charge in [0.1, 0.15) is 10.8 Å². The lowest BCUT2D eigenvalue weighted by atomic mass is 10.2. The monoisotopic (exact) mass is 416 g/mol. The summed E-state index contributed by atoms with van der Waals surface area (Å²) in [5.41, 5.74) is 5.25. The van der Waals surface area contributed by atoms with E-state index >= 15 is 0 Å². The third-order valence-corrected chi connectivity index (χ3v) is 6.02. The molecule has 0 fully saturated rings. The van der Waals surface area contributed by atoms with E-state index < -0.39 is 6.10 Å². The topological polar surface area (TPSA) is 51.2 Å². The second-order valence-electron chi connectivity index (χ2n) is 7.31. The largest absolute Gasteiger partial charge is 0.481 e. The van der Waals surface area contributed by atoms with Gasteiger partial charge in [-0.25, -0.2) is 4.98 Å². The number of amides is 1. The first-order chi connectivity index (χ1) is 14.5. The van der Waals surface area contributed by atoms with Crippen molar-refractivity contribution in [3.05, 3.63) is 77.9 Å². The SMILES string of the molecule is CCc1ccc(OC(C)C(=O)Nc2ccc(-c3nc4ccc(C)cc4s3)cc2)cc1. The molecule has 1 heterocycles. The van der Waals surface area contributed by atoms with Crippen LogP contribution in [0.3, 0.4) is 0 Å². The Morgan fingerprint density at radius 1 is 1.07 bits per heavy atom. The number of aromatic nitrogens is 1. The molecule has 0 spiro atoms. The van der Waals surface area contributed by atoms with Crippen LogP contribution >= 0.6 is 11.3 Å². The first-order valence-corrected chi connectivity index (χ1v) is 10.9. The highest BCUT2D eigenvalue weighted by atomic mass is 32.1. The third-order valence-electron chi connectivity index (χ3n) is 4.96. The fourth-order valence-electron chi connectivity index (χ4n) is 3.16. The number of fused-ring (bicyclic) bond motifs is 1. The van der Waals surface area contributed by atoms with E-state index in [9.17, 15) is 4.79 Å². The molecule has 1 unspecified atom stereocenters. The number of nitrogens with one attached hydrogen (secondary N) is 1. The molecule has 1 atom stereocenters. The molecule has 0 saturated carbocycles. The molecule has 4 nitrogen and oxygen atoms in total. The molecule has 0 bridgehead atoms. The number of nitrogens with zero attached hydrogens (tertiary/aromatic N) is 1. The number of rotatable bonds is 6. The number of hydrogen-bond acceptors (Lipinski definition) is 4. The van der Waals surface area contributed by atoms with Gasteiger partial charge in [0.15, 0.2) is 6.10 Å². The van der Waals surface area contributed by atoms with Gasteiger partial charge >= 0.3 is 0 Å². The maximum absolute atomic E-state index is 12.5. The van der Waals surface area contributed by atoms with Crippen molar-refractivity contribution in [3.8, 4) is 16.3 Å². The minimum atomic E-state index is -0.593. The summed E-state index contributed by atoms with van der Waals surface area (Å²) in [6, 6.07) is 21.9. The van der Waals surface area contributed by atoms with Crippen molar-refractivity contribution in [1.82, 2.24) is 4.98 Å². The van der Waals surface area contributed by atoms with E-state index in [1.54, 1.807) is 18.3 Å². The summed E-state index contributed by atoms with van der Waals surface area (Å²) in [7, 11) is 0. The van der Waals surface area contributed by atoms with Crippen LogP contribution in [-0.4, -0.2) is 17.0 Å². The van der Waals surface area contributed by atoms with E-state index in [1.165, 1.54) is 15.8 Å². The van der Waals surface area contributed by atoms with E-state index in [2.05, 4.69) is 37.4 Å². The lowest BCUT2D eigenvalue weighted by Crippen LogP contribution is -2.30. The van der Waals surface area contributed by atoms with E-state index in [0.29, 0.717) is 5.75 Å². The fourth-order valence-corrected chi connectivity index (χ4v) is 4.23. The van der Waals surface area contributed by atoms with Gasteiger partial charge in [-0.1, -0.05) is 25.1 Å². The van der Waals surface area contributed by atoms with E-state index in [-0.39, 0.29) is 5.91 Å². The van der Waals surface area contributed by atoms with Crippen molar-refractivity contribution < 1.29 is 9.53 Å². The Morgan fingerprint density at radius 2 is 1.80 bits per heavy atom. The molecule has 1 aromatic heterocycles. The summed E-state index contributed by atoms with van der Waals surface area (Å²) < 4.78 is 6.94. The highest BCUT2D eigenvalue weighted by Gasteiger charge is 2.15. The van der Waals surface area contributed by atoms with Crippen molar-refractivity contribution in [2.24, 2.45) is 0 Å². The lowest BCUT2D eigenvalue weighted by molar-refractivity contribution is -0.122. The molecular weight excluding hydrogens is 392 g/mol. The van der Waals surface area contributed by atoms with Crippen molar-refractivity contribution in [1.29, 1.82) is 0 Å². The average molecular weight is 417 g/mol. The number of aryl methyl sites for hydroxylation is 2. The Kier molecular flexibility index (Phi) is 5.81. The summed E-state index contributed by atoms with van der Waals surface area (Å²) in [6.45, 7) is 5.94. The molecule has 5 heteroatoms. The maximum atomic E-state index is 12.5. The van der Waals surface area contributed by atoms with Crippen molar-refractivity contribution >= 4 is 33.1 Å². The molecule has 0 aliphatic heterocycles. The summed E-state index contributed by atoms with van der Waals surface area (Å²) in [6.07, 6.45) is 0.382. The van der Waals surface area contributed by atoms with Crippen LogP contribution in [0.5, 0.6) is 5.75 Å². The van der Waals surface area contributed by atoms with Crippen LogP contribution < -0.4 is 10.1 Å². The second-order valence-corrected chi connectivity index (χ2v) is 8.35. The summed E-state index contributed by atoms with van der Waals surface area (Å²) in [4.78, 5) is 17.2. The molecule has 0 saturated heterocycles. The number of ether oxygens (including phenoxy) is 1. The van der Waals surface area contributed by atoms with E-state index in [1.807, 2.05) is 48.5 Å². The van der Waals surface area contributed by atoms with E-state index in [0.717, 1.165) is 28.2 Å². The molecule has 4 rings (SSSR count). The predicted molar refractivity (Wildman–Crippen MR) is 124 cm³/mol. The maximum Gasteiger partial charge on any atom is 0.265 e. The average Bonchev–Trinajstić information content (AvgIpc) is 3.18. The van der Waals surface area contributed by atoms with Gasteiger partial charge in [-0.3, -0.25) is 4.79 Å². The molecular formula is C25H24N2O2S. The minimum Gasteiger partial charge on any atom is -0.481 e. The minimum absolute atomic E-state index is 0.183. The molecule has 1 N–H and O–H groups in total. The number of carbonyl (C=O) groups excluding carboxylic acids is 1. The molecule has 1 amide bonds. The standard InChI is InChI=1S/C25H24N2O2S/c1-4-18-6-12-21(13-7-18)29-17(3)24(28)26-20-10-8-19(9-11-20)25-27-22-14-5-16(2)15-23(22)30-25/h5-15,17H,4H2,1-3H3,(H,26,28).